The maximum atomic E-state index is 12.2. The Kier molecular flexibility index (Phi) is 4.43. The number of nitrogens with one attached hydrogen (secondary N) is 1. The third kappa shape index (κ3) is 3.58. The van der Waals surface area contributed by atoms with E-state index in [0.717, 1.165) is 4.47 Å². The number of phenols is 1. The molecule has 0 fully saturated rings. The molecule has 0 aliphatic carbocycles. The maximum Gasteiger partial charge on any atom is 0.266 e. The second kappa shape index (κ2) is 5.98. The number of aromatic amines is 1. The average Bonchev–Trinajstić information content (AvgIpc) is 2.39. The molecule has 0 bridgehead atoms. The van der Waals surface area contributed by atoms with Crippen LogP contribution in [0.5, 0.6) is 5.75 Å². The van der Waals surface area contributed by atoms with Crippen LogP contribution in [0.3, 0.4) is 0 Å². The minimum absolute atomic E-state index is 0.0595. The number of aromatic nitrogens is 1. The first-order chi connectivity index (χ1) is 10.2. The highest BCUT2D eigenvalue weighted by Crippen LogP contribution is 2.32. The number of hydrogen-bond acceptors (Lipinski definition) is 3. The van der Waals surface area contributed by atoms with Crippen molar-refractivity contribution in [1.82, 2.24) is 4.98 Å². The minimum atomic E-state index is -0.432. The highest BCUT2D eigenvalue weighted by molar-refractivity contribution is 9.10. The summed E-state index contributed by atoms with van der Waals surface area (Å²) in [7, 11) is 0. The van der Waals surface area contributed by atoms with Crippen molar-refractivity contribution in [2.24, 2.45) is 5.41 Å². The number of pyridine rings is 1. The normalized spacial score (nSPS) is 11.2. The van der Waals surface area contributed by atoms with Crippen molar-refractivity contribution < 1.29 is 5.11 Å². The van der Waals surface area contributed by atoms with Crippen LogP contribution in [-0.4, -0.2) is 10.1 Å². The first-order valence-corrected chi connectivity index (χ1v) is 7.66. The first-order valence-electron chi connectivity index (χ1n) is 6.86. The van der Waals surface area contributed by atoms with Crippen molar-refractivity contribution >= 4 is 15.9 Å². The summed E-state index contributed by atoms with van der Waals surface area (Å²) in [5, 5.41) is 19.3. The zero-order valence-electron chi connectivity index (χ0n) is 12.7. The molecule has 0 saturated heterocycles. The molecule has 0 saturated carbocycles. The number of H-pyrrole nitrogens is 1. The predicted octanol–water partition coefficient (Wildman–Crippen LogP) is 3.97. The lowest BCUT2D eigenvalue weighted by Crippen LogP contribution is -2.18. The average molecular weight is 361 g/mol. The zero-order valence-corrected chi connectivity index (χ0v) is 14.3. The summed E-state index contributed by atoms with van der Waals surface area (Å²) in [5.41, 5.74) is 1.35. The van der Waals surface area contributed by atoms with Crippen molar-refractivity contribution in [3.05, 3.63) is 50.2 Å². The monoisotopic (exact) mass is 360 g/mol. The van der Waals surface area contributed by atoms with Crippen LogP contribution >= 0.6 is 15.9 Å². The molecule has 1 aromatic carbocycles. The van der Waals surface area contributed by atoms with Gasteiger partial charge in [-0.1, -0.05) is 36.7 Å². The predicted molar refractivity (Wildman–Crippen MR) is 89.7 cm³/mol. The van der Waals surface area contributed by atoms with E-state index in [1.165, 1.54) is 0 Å². The lowest BCUT2D eigenvalue weighted by atomic mass is 9.86. The van der Waals surface area contributed by atoms with Gasteiger partial charge in [-0.2, -0.15) is 5.26 Å². The Hall–Kier alpha value is -2.06. The molecule has 1 aromatic heterocycles. The first kappa shape index (κ1) is 16.3. The van der Waals surface area contributed by atoms with E-state index in [4.69, 9.17) is 0 Å². The number of halogens is 1. The molecule has 22 heavy (non-hydrogen) atoms. The summed E-state index contributed by atoms with van der Waals surface area (Å²) < 4.78 is 0.794. The Morgan fingerprint density at radius 2 is 2.00 bits per heavy atom. The molecule has 0 unspecified atom stereocenters. The van der Waals surface area contributed by atoms with Crippen LogP contribution in [-0.2, 0) is 6.42 Å². The number of rotatable bonds is 2. The molecular formula is C17H17BrN2O2. The van der Waals surface area contributed by atoms with Gasteiger partial charge in [0, 0.05) is 10.0 Å². The van der Waals surface area contributed by atoms with E-state index in [0.29, 0.717) is 23.2 Å². The molecule has 2 rings (SSSR count). The SMILES string of the molecule is CC(C)(C)Cc1cc(-c2cc(Br)ccc2O)[nH]c(=O)c1C#N. The Morgan fingerprint density at radius 3 is 2.59 bits per heavy atom. The van der Waals surface area contributed by atoms with Crippen molar-refractivity contribution in [2.75, 3.05) is 0 Å². The van der Waals surface area contributed by atoms with Gasteiger partial charge < -0.3 is 10.1 Å². The summed E-state index contributed by atoms with van der Waals surface area (Å²) in [6.07, 6.45) is 0.599. The maximum absolute atomic E-state index is 12.2. The van der Waals surface area contributed by atoms with E-state index >= 15 is 0 Å². The van der Waals surface area contributed by atoms with Gasteiger partial charge in [-0.3, -0.25) is 4.79 Å². The fourth-order valence-corrected chi connectivity index (χ4v) is 2.68. The Bertz CT molecular complexity index is 811. The molecule has 0 aliphatic heterocycles. The summed E-state index contributed by atoms with van der Waals surface area (Å²) >= 11 is 3.35. The van der Waals surface area contributed by atoms with E-state index in [1.54, 1.807) is 24.3 Å². The van der Waals surface area contributed by atoms with Crippen LogP contribution in [0.25, 0.3) is 11.3 Å². The van der Waals surface area contributed by atoms with E-state index in [-0.39, 0.29) is 16.7 Å². The van der Waals surface area contributed by atoms with E-state index in [9.17, 15) is 15.2 Å². The highest BCUT2D eigenvalue weighted by atomic mass is 79.9. The van der Waals surface area contributed by atoms with Crippen LogP contribution in [0.4, 0.5) is 0 Å². The molecule has 0 amide bonds. The summed E-state index contributed by atoms with van der Waals surface area (Å²) in [6.45, 7) is 6.14. The molecular weight excluding hydrogens is 344 g/mol. The van der Waals surface area contributed by atoms with Gasteiger partial charge in [0.2, 0.25) is 0 Å². The van der Waals surface area contributed by atoms with E-state index in [2.05, 4.69) is 20.9 Å². The molecule has 0 spiro atoms. The Balaban J connectivity index is 2.67. The number of nitriles is 1. The lowest BCUT2D eigenvalue weighted by Gasteiger charge is -2.19. The Morgan fingerprint density at radius 1 is 1.32 bits per heavy atom. The third-order valence-electron chi connectivity index (χ3n) is 3.20. The van der Waals surface area contributed by atoms with Gasteiger partial charge in [0.1, 0.15) is 17.4 Å². The summed E-state index contributed by atoms with van der Waals surface area (Å²) in [6, 6.07) is 8.75. The van der Waals surface area contributed by atoms with Crippen LogP contribution in [0, 0.1) is 16.7 Å². The molecule has 4 nitrogen and oxygen atoms in total. The molecule has 0 atom stereocenters. The smallest absolute Gasteiger partial charge is 0.266 e. The quantitative estimate of drug-likeness (QED) is 0.850. The zero-order chi connectivity index (χ0) is 16.5. The van der Waals surface area contributed by atoms with Gasteiger partial charge in [-0.05, 0) is 41.7 Å². The van der Waals surface area contributed by atoms with E-state index < -0.39 is 5.56 Å². The van der Waals surface area contributed by atoms with Crippen molar-refractivity contribution in [3.63, 3.8) is 0 Å². The number of nitrogens with zero attached hydrogens (tertiary/aromatic N) is 1. The minimum Gasteiger partial charge on any atom is -0.507 e. The van der Waals surface area contributed by atoms with Gasteiger partial charge in [0.25, 0.3) is 5.56 Å². The standard InChI is InChI=1S/C17H17BrN2O2/c1-17(2,3)8-10-6-14(20-16(22)13(10)9-19)12-7-11(18)4-5-15(12)21/h4-7,21H,8H2,1-3H3,(H,20,22). The van der Waals surface area contributed by atoms with Crippen LogP contribution in [0.1, 0.15) is 31.9 Å². The van der Waals surface area contributed by atoms with Crippen molar-refractivity contribution in [2.45, 2.75) is 27.2 Å². The second-order valence-electron chi connectivity index (χ2n) is 6.42. The van der Waals surface area contributed by atoms with Crippen molar-refractivity contribution in [1.29, 1.82) is 5.26 Å². The van der Waals surface area contributed by atoms with Gasteiger partial charge in [-0.15, -0.1) is 0 Å². The lowest BCUT2D eigenvalue weighted by molar-refractivity contribution is 0.410. The summed E-state index contributed by atoms with van der Waals surface area (Å²) in [4.78, 5) is 14.9. The third-order valence-corrected chi connectivity index (χ3v) is 3.69. The highest BCUT2D eigenvalue weighted by Gasteiger charge is 2.18. The van der Waals surface area contributed by atoms with Gasteiger partial charge in [-0.25, -0.2) is 0 Å². The second-order valence-corrected chi connectivity index (χ2v) is 7.34. The molecule has 5 heteroatoms. The fraction of sp³-hybridized carbons (Fsp3) is 0.294. The van der Waals surface area contributed by atoms with E-state index in [1.807, 2.05) is 26.8 Å². The fourth-order valence-electron chi connectivity index (χ4n) is 2.32. The summed E-state index contributed by atoms with van der Waals surface area (Å²) in [5.74, 6) is 0.0743. The van der Waals surface area contributed by atoms with Crippen LogP contribution in [0.2, 0.25) is 0 Å². The molecule has 2 N–H and O–H groups in total. The Labute approximate surface area is 137 Å². The molecule has 1 heterocycles. The number of hydrogen-bond donors (Lipinski definition) is 2. The largest absolute Gasteiger partial charge is 0.507 e. The molecule has 2 aromatic rings. The molecule has 0 radical (unpaired) electrons. The van der Waals surface area contributed by atoms with Gasteiger partial charge in [0.15, 0.2) is 0 Å². The van der Waals surface area contributed by atoms with Gasteiger partial charge >= 0.3 is 0 Å². The van der Waals surface area contributed by atoms with Crippen molar-refractivity contribution in [3.8, 4) is 23.1 Å². The number of aromatic hydroxyl groups is 1. The number of benzene rings is 1. The van der Waals surface area contributed by atoms with Crippen LogP contribution in [0.15, 0.2) is 33.5 Å². The molecule has 0 aliphatic rings. The van der Waals surface area contributed by atoms with Crippen LogP contribution < -0.4 is 5.56 Å². The topological polar surface area (TPSA) is 76.9 Å². The number of phenolic OH excluding ortho intramolecular Hbond substituents is 1. The molecule has 114 valence electrons. The van der Waals surface area contributed by atoms with Gasteiger partial charge in [0.05, 0.1) is 5.69 Å².